The molecule has 162 valence electrons. The predicted molar refractivity (Wildman–Crippen MR) is 107 cm³/mol. The van der Waals surface area contributed by atoms with E-state index >= 15 is 0 Å². The highest BCUT2D eigenvalue weighted by atomic mass is 35.5. The van der Waals surface area contributed by atoms with E-state index in [0.717, 1.165) is 18.5 Å². The zero-order valence-corrected chi connectivity index (χ0v) is 17.5. The summed E-state index contributed by atoms with van der Waals surface area (Å²) in [5, 5.41) is 2.63. The number of piperidine rings is 1. The van der Waals surface area contributed by atoms with E-state index in [-0.39, 0.29) is 27.6 Å². The van der Waals surface area contributed by atoms with E-state index in [1.54, 1.807) is 17.0 Å². The highest BCUT2D eigenvalue weighted by molar-refractivity contribution is 7.90. The van der Waals surface area contributed by atoms with Crippen molar-refractivity contribution in [2.24, 2.45) is 5.92 Å². The minimum atomic E-state index is -4.52. The van der Waals surface area contributed by atoms with Crippen molar-refractivity contribution >= 4 is 38.9 Å². The summed E-state index contributed by atoms with van der Waals surface area (Å²) < 4.78 is 61.6. The molecule has 3 rings (SSSR count). The van der Waals surface area contributed by atoms with Gasteiger partial charge in [-0.1, -0.05) is 17.7 Å². The lowest BCUT2D eigenvalue weighted by atomic mass is 9.95. The number of hydrogen-bond donors (Lipinski definition) is 1. The SMILES string of the molecule is CS(=O)(=O)c1cccc(NC(=O)C2CCN(c3ncc(C(F)(F)F)cc3Cl)CC2)c1. The van der Waals surface area contributed by atoms with E-state index in [0.29, 0.717) is 31.6 Å². The standard InChI is InChI=1S/C19H19ClF3N3O3S/c1-30(28,29)15-4-2-3-14(10-15)25-18(27)12-5-7-26(8-6-12)17-16(20)9-13(11-24-17)19(21,22)23/h2-4,9-12H,5-8H2,1H3,(H,25,27). The number of aromatic nitrogens is 1. The highest BCUT2D eigenvalue weighted by Gasteiger charge is 2.33. The van der Waals surface area contributed by atoms with Gasteiger partial charge in [0, 0.05) is 37.1 Å². The van der Waals surface area contributed by atoms with Gasteiger partial charge in [0.2, 0.25) is 5.91 Å². The normalized spacial score (nSPS) is 15.8. The summed E-state index contributed by atoms with van der Waals surface area (Å²) in [4.78, 5) is 18.3. The minimum Gasteiger partial charge on any atom is -0.355 e. The molecule has 0 aliphatic carbocycles. The van der Waals surface area contributed by atoms with Gasteiger partial charge < -0.3 is 10.2 Å². The van der Waals surface area contributed by atoms with Crippen molar-refractivity contribution < 1.29 is 26.4 Å². The van der Waals surface area contributed by atoms with Gasteiger partial charge in [0.15, 0.2) is 9.84 Å². The van der Waals surface area contributed by atoms with E-state index in [2.05, 4.69) is 10.3 Å². The van der Waals surface area contributed by atoms with Crippen molar-refractivity contribution in [3.05, 3.63) is 47.1 Å². The van der Waals surface area contributed by atoms with Gasteiger partial charge in [0.05, 0.1) is 15.5 Å². The fourth-order valence-electron chi connectivity index (χ4n) is 3.22. The summed E-state index contributed by atoms with van der Waals surface area (Å²) in [6.45, 7) is 0.805. The Bertz CT molecular complexity index is 1050. The second kappa shape index (κ2) is 8.43. The minimum absolute atomic E-state index is 0.0923. The molecule has 2 aromatic rings. The molecule has 30 heavy (non-hydrogen) atoms. The lowest BCUT2D eigenvalue weighted by Gasteiger charge is -2.32. The van der Waals surface area contributed by atoms with E-state index in [9.17, 15) is 26.4 Å². The number of sulfone groups is 1. The number of nitrogens with one attached hydrogen (secondary N) is 1. The molecule has 1 aromatic heterocycles. The Balaban J connectivity index is 1.62. The lowest BCUT2D eigenvalue weighted by molar-refractivity contribution is -0.137. The quantitative estimate of drug-likeness (QED) is 0.744. The van der Waals surface area contributed by atoms with E-state index in [4.69, 9.17) is 11.6 Å². The molecule has 0 spiro atoms. The molecule has 1 aromatic carbocycles. The number of nitrogens with zero attached hydrogens (tertiary/aromatic N) is 2. The van der Waals surface area contributed by atoms with Crippen LogP contribution in [0.3, 0.4) is 0 Å². The van der Waals surface area contributed by atoms with Crippen molar-refractivity contribution in [3.63, 3.8) is 0 Å². The smallest absolute Gasteiger partial charge is 0.355 e. The Morgan fingerprint density at radius 2 is 1.90 bits per heavy atom. The molecule has 1 saturated heterocycles. The molecular formula is C19H19ClF3N3O3S. The molecule has 0 atom stereocenters. The molecule has 1 fully saturated rings. The molecule has 1 aliphatic rings. The van der Waals surface area contributed by atoms with Crippen molar-refractivity contribution in [1.29, 1.82) is 0 Å². The zero-order valence-electron chi connectivity index (χ0n) is 15.9. The van der Waals surface area contributed by atoms with Crippen LogP contribution in [0.2, 0.25) is 5.02 Å². The van der Waals surface area contributed by atoms with Crippen molar-refractivity contribution in [3.8, 4) is 0 Å². The molecule has 1 amide bonds. The van der Waals surface area contributed by atoms with Crippen LogP contribution in [0.4, 0.5) is 24.7 Å². The van der Waals surface area contributed by atoms with Crippen molar-refractivity contribution in [2.45, 2.75) is 23.9 Å². The summed E-state index contributed by atoms with van der Waals surface area (Å²) in [5.74, 6) is -0.312. The van der Waals surface area contributed by atoms with Gasteiger partial charge in [-0.2, -0.15) is 13.2 Å². The first-order valence-electron chi connectivity index (χ1n) is 9.04. The summed E-state index contributed by atoms with van der Waals surface area (Å²) in [6, 6.07) is 6.84. The van der Waals surface area contributed by atoms with Gasteiger partial charge in [-0.05, 0) is 37.1 Å². The van der Waals surface area contributed by atoms with Crippen LogP contribution in [0, 0.1) is 5.92 Å². The summed E-state index contributed by atoms with van der Waals surface area (Å²) in [7, 11) is -3.39. The van der Waals surface area contributed by atoms with Crippen LogP contribution < -0.4 is 10.2 Å². The number of hydrogen-bond acceptors (Lipinski definition) is 5. The molecule has 0 unspecified atom stereocenters. The van der Waals surface area contributed by atoms with Gasteiger partial charge in [-0.3, -0.25) is 4.79 Å². The van der Waals surface area contributed by atoms with E-state index in [1.807, 2.05) is 0 Å². The topological polar surface area (TPSA) is 79.4 Å². The van der Waals surface area contributed by atoms with Gasteiger partial charge >= 0.3 is 6.18 Å². The number of halogens is 4. The molecular weight excluding hydrogens is 443 g/mol. The molecule has 1 N–H and O–H groups in total. The van der Waals surface area contributed by atoms with Crippen LogP contribution in [-0.2, 0) is 20.8 Å². The van der Waals surface area contributed by atoms with Gasteiger partial charge in [-0.25, -0.2) is 13.4 Å². The maximum atomic E-state index is 12.8. The second-order valence-electron chi connectivity index (χ2n) is 7.08. The number of carbonyl (C=O) groups is 1. The number of benzene rings is 1. The van der Waals surface area contributed by atoms with Crippen LogP contribution in [-0.4, -0.2) is 38.7 Å². The van der Waals surface area contributed by atoms with Gasteiger partial charge in [0.1, 0.15) is 5.82 Å². The summed E-state index contributed by atoms with van der Waals surface area (Å²) in [5.41, 5.74) is -0.528. The molecule has 0 bridgehead atoms. The summed E-state index contributed by atoms with van der Waals surface area (Å²) in [6.07, 6.45) is -1.78. The molecule has 6 nitrogen and oxygen atoms in total. The highest BCUT2D eigenvalue weighted by Crippen LogP contribution is 2.34. The average Bonchev–Trinajstić information content (AvgIpc) is 2.67. The third-order valence-electron chi connectivity index (χ3n) is 4.84. The second-order valence-corrected chi connectivity index (χ2v) is 9.50. The number of amides is 1. The number of anilines is 2. The zero-order chi connectivity index (χ0) is 22.1. The van der Waals surface area contributed by atoms with Crippen LogP contribution in [0.25, 0.3) is 0 Å². The van der Waals surface area contributed by atoms with Crippen LogP contribution in [0.5, 0.6) is 0 Å². The Hall–Kier alpha value is -2.33. The third-order valence-corrected chi connectivity index (χ3v) is 6.23. The van der Waals surface area contributed by atoms with Gasteiger partial charge in [0.25, 0.3) is 0 Å². The molecule has 1 aliphatic heterocycles. The maximum Gasteiger partial charge on any atom is 0.417 e. The van der Waals surface area contributed by atoms with E-state index in [1.165, 1.54) is 12.1 Å². The fraction of sp³-hybridized carbons (Fsp3) is 0.368. The Morgan fingerprint density at radius 1 is 1.23 bits per heavy atom. The van der Waals surface area contributed by atoms with Crippen molar-refractivity contribution in [1.82, 2.24) is 4.98 Å². The fourth-order valence-corrected chi connectivity index (χ4v) is 4.17. The Kier molecular flexibility index (Phi) is 6.28. The average molecular weight is 462 g/mol. The number of carbonyl (C=O) groups excluding carboxylic acids is 1. The molecule has 2 heterocycles. The number of pyridine rings is 1. The number of alkyl halides is 3. The maximum absolute atomic E-state index is 12.8. The molecule has 0 radical (unpaired) electrons. The van der Waals surface area contributed by atoms with E-state index < -0.39 is 21.6 Å². The summed E-state index contributed by atoms with van der Waals surface area (Å²) >= 11 is 5.99. The first kappa shape index (κ1) is 22.4. The Labute approximate surface area is 177 Å². The van der Waals surface area contributed by atoms with Crippen LogP contribution in [0.15, 0.2) is 41.4 Å². The Morgan fingerprint density at radius 3 is 2.47 bits per heavy atom. The van der Waals surface area contributed by atoms with Crippen LogP contribution >= 0.6 is 11.6 Å². The van der Waals surface area contributed by atoms with Crippen molar-refractivity contribution in [2.75, 3.05) is 29.6 Å². The van der Waals surface area contributed by atoms with Crippen LogP contribution in [0.1, 0.15) is 18.4 Å². The third kappa shape index (κ3) is 5.23. The molecule has 11 heteroatoms. The number of rotatable bonds is 4. The largest absolute Gasteiger partial charge is 0.417 e. The van der Waals surface area contributed by atoms with Gasteiger partial charge in [-0.15, -0.1) is 0 Å². The first-order valence-corrected chi connectivity index (χ1v) is 11.3. The monoisotopic (exact) mass is 461 g/mol. The predicted octanol–water partition coefficient (Wildman–Crippen LogP) is 4.01. The lowest BCUT2D eigenvalue weighted by Crippen LogP contribution is -2.38. The first-order chi connectivity index (χ1) is 13.9. The molecule has 0 saturated carbocycles.